The van der Waals surface area contributed by atoms with E-state index in [0.29, 0.717) is 0 Å². The van der Waals surface area contributed by atoms with E-state index in [9.17, 15) is 14.9 Å². The summed E-state index contributed by atoms with van der Waals surface area (Å²) in [6.45, 7) is 4.26. The molecular formula is C15H22N2O4. The second-order valence-electron chi connectivity index (χ2n) is 5.43. The molecular weight excluding hydrogens is 272 g/mol. The lowest BCUT2D eigenvalue weighted by Crippen LogP contribution is -2.31. The standard InChI is InChI=1S/C15H22N2O4/c1-3-4-5-10-15(2,11-21-14(16)18)12-6-8-13(9-7-12)17(19)20/h6-9H,3-5,10-11H2,1-2H3,(H2,16,18). The zero-order chi connectivity index (χ0) is 15.9. The molecule has 0 aliphatic carbocycles. The summed E-state index contributed by atoms with van der Waals surface area (Å²) in [4.78, 5) is 21.1. The SMILES string of the molecule is CCCCCC(C)(COC(N)=O)c1ccc([N+](=O)[O-])cc1. The molecule has 0 radical (unpaired) electrons. The Bertz CT molecular complexity index is 487. The molecule has 6 nitrogen and oxygen atoms in total. The van der Waals surface area contributed by atoms with Crippen molar-refractivity contribution in [3.8, 4) is 0 Å². The van der Waals surface area contributed by atoms with E-state index in [0.717, 1.165) is 31.2 Å². The molecule has 1 atom stereocenters. The smallest absolute Gasteiger partial charge is 0.404 e. The van der Waals surface area contributed by atoms with Crippen LogP contribution in [-0.2, 0) is 10.2 Å². The summed E-state index contributed by atoms with van der Waals surface area (Å²) in [6, 6.07) is 6.37. The Morgan fingerprint density at radius 1 is 1.33 bits per heavy atom. The molecule has 0 aliphatic heterocycles. The van der Waals surface area contributed by atoms with Gasteiger partial charge in [0.25, 0.3) is 5.69 Å². The van der Waals surface area contributed by atoms with Crippen LogP contribution in [0, 0.1) is 10.1 Å². The molecule has 21 heavy (non-hydrogen) atoms. The van der Waals surface area contributed by atoms with Gasteiger partial charge in [0.2, 0.25) is 0 Å². The third-order valence-corrected chi connectivity index (χ3v) is 3.64. The van der Waals surface area contributed by atoms with Crippen LogP contribution in [0.2, 0.25) is 0 Å². The van der Waals surface area contributed by atoms with Crippen LogP contribution in [0.15, 0.2) is 24.3 Å². The van der Waals surface area contributed by atoms with Gasteiger partial charge in [-0.1, -0.05) is 45.2 Å². The van der Waals surface area contributed by atoms with E-state index in [-0.39, 0.29) is 17.7 Å². The number of primary amides is 1. The van der Waals surface area contributed by atoms with Crippen LogP contribution in [0.4, 0.5) is 10.5 Å². The largest absolute Gasteiger partial charge is 0.449 e. The highest BCUT2D eigenvalue weighted by Crippen LogP contribution is 2.31. The van der Waals surface area contributed by atoms with Crippen LogP contribution in [0.25, 0.3) is 0 Å². The first-order valence-corrected chi connectivity index (χ1v) is 7.06. The second kappa shape index (κ2) is 7.61. The Hall–Kier alpha value is -2.11. The molecule has 0 aromatic heterocycles. The highest BCUT2D eigenvalue weighted by atomic mass is 16.6. The summed E-state index contributed by atoms with van der Waals surface area (Å²) in [5.74, 6) is 0. The highest BCUT2D eigenvalue weighted by molar-refractivity contribution is 5.64. The fourth-order valence-corrected chi connectivity index (χ4v) is 2.28. The van der Waals surface area contributed by atoms with Crippen molar-refractivity contribution in [1.82, 2.24) is 0 Å². The van der Waals surface area contributed by atoms with Crippen LogP contribution in [0.3, 0.4) is 0 Å². The third-order valence-electron chi connectivity index (χ3n) is 3.64. The lowest BCUT2D eigenvalue weighted by Gasteiger charge is -2.29. The summed E-state index contributed by atoms with van der Waals surface area (Å²) in [6.07, 6.45) is 3.18. The topological polar surface area (TPSA) is 95.5 Å². The zero-order valence-electron chi connectivity index (χ0n) is 12.5. The number of unbranched alkanes of at least 4 members (excludes halogenated alkanes) is 2. The Morgan fingerprint density at radius 2 is 1.95 bits per heavy atom. The van der Waals surface area contributed by atoms with E-state index >= 15 is 0 Å². The van der Waals surface area contributed by atoms with Crippen molar-refractivity contribution in [2.45, 2.75) is 44.9 Å². The normalized spacial score (nSPS) is 13.4. The van der Waals surface area contributed by atoms with E-state index in [1.165, 1.54) is 12.1 Å². The molecule has 1 unspecified atom stereocenters. The average Bonchev–Trinajstić information content (AvgIpc) is 2.45. The van der Waals surface area contributed by atoms with E-state index in [1.54, 1.807) is 12.1 Å². The first kappa shape index (κ1) is 16.9. The Morgan fingerprint density at radius 3 is 2.43 bits per heavy atom. The van der Waals surface area contributed by atoms with Crippen molar-refractivity contribution in [2.24, 2.45) is 5.73 Å². The van der Waals surface area contributed by atoms with Gasteiger partial charge < -0.3 is 10.5 Å². The van der Waals surface area contributed by atoms with Gasteiger partial charge >= 0.3 is 6.09 Å². The van der Waals surface area contributed by atoms with Gasteiger partial charge in [0.15, 0.2) is 0 Å². The number of carbonyl (C=O) groups is 1. The minimum Gasteiger partial charge on any atom is -0.449 e. The minimum atomic E-state index is -0.807. The van der Waals surface area contributed by atoms with Crippen LogP contribution >= 0.6 is 0 Å². The van der Waals surface area contributed by atoms with Crippen molar-refractivity contribution >= 4 is 11.8 Å². The van der Waals surface area contributed by atoms with Gasteiger partial charge in [0, 0.05) is 17.5 Å². The monoisotopic (exact) mass is 294 g/mol. The van der Waals surface area contributed by atoms with Gasteiger partial charge in [-0.2, -0.15) is 0 Å². The molecule has 0 saturated heterocycles. The van der Waals surface area contributed by atoms with Crippen molar-refractivity contribution in [1.29, 1.82) is 0 Å². The summed E-state index contributed by atoms with van der Waals surface area (Å²) in [5.41, 5.74) is 5.61. The molecule has 0 heterocycles. The number of benzene rings is 1. The first-order valence-electron chi connectivity index (χ1n) is 7.06. The molecule has 0 spiro atoms. The molecule has 1 amide bonds. The molecule has 0 fully saturated rings. The van der Waals surface area contributed by atoms with Crippen molar-refractivity contribution in [3.05, 3.63) is 39.9 Å². The first-order chi connectivity index (χ1) is 9.89. The van der Waals surface area contributed by atoms with Crippen LogP contribution < -0.4 is 5.73 Å². The van der Waals surface area contributed by atoms with Crippen molar-refractivity contribution in [3.63, 3.8) is 0 Å². The predicted molar refractivity (Wildman–Crippen MR) is 80.1 cm³/mol. The number of non-ortho nitro benzene ring substituents is 1. The zero-order valence-corrected chi connectivity index (χ0v) is 12.5. The van der Waals surface area contributed by atoms with Crippen molar-refractivity contribution in [2.75, 3.05) is 6.61 Å². The number of nitrogens with two attached hydrogens (primary N) is 1. The molecule has 1 aromatic rings. The molecule has 116 valence electrons. The molecule has 1 rings (SSSR count). The van der Waals surface area contributed by atoms with E-state index in [2.05, 4.69) is 6.92 Å². The number of nitro benzene ring substituents is 1. The van der Waals surface area contributed by atoms with Gasteiger partial charge in [-0.05, 0) is 12.0 Å². The maximum absolute atomic E-state index is 10.9. The third kappa shape index (κ3) is 5.06. The summed E-state index contributed by atoms with van der Waals surface area (Å²) in [5, 5.41) is 10.7. The summed E-state index contributed by atoms with van der Waals surface area (Å²) >= 11 is 0. The molecule has 0 saturated carbocycles. The average molecular weight is 294 g/mol. The van der Waals surface area contributed by atoms with Crippen molar-refractivity contribution < 1.29 is 14.5 Å². The summed E-state index contributed by atoms with van der Waals surface area (Å²) in [7, 11) is 0. The molecule has 6 heteroatoms. The number of hydrogen-bond donors (Lipinski definition) is 1. The van der Waals surface area contributed by atoms with Gasteiger partial charge in [0.1, 0.15) is 6.61 Å². The van der Waals surface area contributed by atoms with E-state index in [1.807, 2.05) is 6.92 Å². The fourth-order valence-electron chi connectivity index (χ4n) is 2.28. The van der Waals surface area contributed by atoms with Gasteiger partial charge in [-0.3, -0.25) is 10.1 Å². The quantitative estimate of drug-likeness (QED) is 0.450. The second-order valence-corrected chi connectivity index (χ2v) is 5.43. The molecule has 1 aromatic carbocycles. The van der Waals surface area contributed by atoms with E-state index < -0.39 is 11.0 Å². The lowest BCUT2D eigenvalue weighted by molar-refractivity contribution is -0.384. The number of amides is 1. The van der Waals surface area contributed by atoms with Crippen LogP contribution in [-0.4, -0.2) is 17.6 Å². The van der Waals surface area contributed by atoms with Crippen LogP contribution in [0.5, 0.6) is 0 Å². The maximum Gasteiger partial charge on any atom is 0.404 e. The Labute approximate surface area is 124 Å². The number of hydrogen-bond acceptors (Lipinski definition) is 4. The number of nitrogens with zero attached hydrogens (tertiary/aromatic N) is 1. The van der Waals surface area contributed by atoms with Gasteiger partial charge in [-0.15, -0.1) is 0 Å². The predicted octanol–water partition coefficient (Wildman–Crippen LogP) is 3.53. The fraction of sp³-hybridized carbons (Fsp3) is 0.533. The maximum atomic E-state index is 10.9. The number of rotatable bonds is 8. The number of carbonyl (C=O) groups excluding carboxylic acids is 1. The van der Waals surface area contributed by atoms with Crippen LogP contribution in [0.1, 0.15) is 45.1 Å². The lowest BCUT2D eigenvalue weighted by atomic mass is 9.78. The van der Waals surface area contributed by atoms with Gasteiger partial charge in [0.05, 0.1) is 4.92 Å². The number of ether oxygens (including phenoxy) is 1. The Balaban J connectivity index is 2.92. The molecule has 2 N–H and O–H groups in total. The van der Waals surface area contributed by atoms with E-state index in [4.69, 9.17) is 10.5 Å². The van der Waals surface area contributed by atoms with Gasteiger partial charge in [-0.25, -0.2) is 4.79 Å². The molecule has 0 aliphatic rings. The summed E-state index contributed by atoms with van der Waals surface area (Å²) < 4.78 is 4.97. The number of nitro groups is 1. The molecule has 0 bridgehead atoms. The minimum absolute atomic E-state index is 0.0467. The highest BCUT2D eigenvalue weighted by Gasteiger charge is 2.28. The Kier molecular flexibility index (Phi) is 6.14.